The van der Waals surface area contributed by atoms with Crippen molar-refractivity contribution >= 4 is 29.3 Å². The summed E-state index contributed by atoms with van der Waals surface area (Å²) in [7, 11) is 0. The van der Waals surface area contributed by atoms with Crippen LogP contribution >= 0.6 is 11.8 Å². The lowest BCUT2D eigenvalue weighted by atomic mass is 10.1. The molecule has 0 saturated heterocycles. The Labute approximate surface area is 171 Å². The number of anilines is 1. The van der Waals surface area contributed by atoms with Crippen LogP contribution in [0.3, 0.4) is 0 Å². The Morgan fingerprint density at radius 3 is 2.36 bits per heavy atom. The number of hydrogen-bond donors (Lipinski definition) is 2. The second-order valence-electron chi connectivity index (χ2n) is 6.53. The van der Waals surface area contributed by atoms with E-state index in [0.717, 1.165) is 22.6 Å². The van der Waals surface area contributed by atoms with Gasteiger partial charge in [-0.1, -0.05) is 30.3 Å². The second kappa shape index (κ2) is 11.5. The first-order valence-corrected chi connectivity index (χ1v) is 10.3. The molecule has 0 radical (unpaired) electrons. The number of thioether (sulfide) groups is 1. The minimum absolute atomic E-state index is 0.00652. The van der Waals surface area contributed by atoms with Crippen LogP contribution in [0.25, 0.3) is 0 Å². The van der Waals surface area contributed by atoms with E-state index < -0.39 is 0 Å². The summed E-state index contributed by atoms with van der Waals surface area (Å²) in [6.07, 6.45) is 0.818. The first kappa shape index (κ1) is 22.0. The van der Waals surface area contributed by atoms with Crippen molar-refractivity contribution < 1.29 is 14.3 Å². The maximum atomic E-state index is 12.2. The molecule has 0 aliphatic heterocycles. The zero-order valence-electron chi connectivity index (χ0n) is 16.6. The first-order valence-electron chi connectivity index (χ1n) is 9.44. The highest BCUT2D eigenvalue weighted by Gasteiger charge is 2.14. The zero-order chi connectivity index (χ0) is 20.4. The summed E-state index contributed by atoms with van der Waals surface area (Å²) in [5, 5.41) is 5.49. The standard InChI is InChI=1S/C22H28N2O3S/c1-16(19-8-5-4-6-9-19)27-15-7-14-23-22(26)17(2)28-21-12-10-20(11-13-21)24-18(3)25/h4-6,8-13,16-17H,7,14-15H2,1-3H3,(H,23,26)(H,24,25). The van der Waals surface area contributed by atoms with E-state index in [1.165, 1.54) is 18.7 Å². The van der Waals surface area contributed by atoms with Crippen molar-refractivity contribution in [3.63, 3.8) is 0 Å². The second-order valence-corrected chi connectivity index (χ2v) is 7.95. The normalized spacial score (nSPS) is 12.8. The third-order valence-corrected chi connectivity index (χ3v) is 5.23. The maximum absolute atomic E-state index is 12.2. The van der Waals surface area contributed by atoms with Crippen LogP contribution in [0.2, 0.25) is 0 Å². The quantitative estimate of drug-likeness (QED) is 0.458. The van der Waals surface area contributed by atoms with Crippen LogP contribution in [0, 0.1) is 0 Å². The SMILES string of the molecule is CC(=O)Nc1ccc(SC(C)C(=O)NCCCOC(C)c2ccccc2)cc1. The molecule has 150 valence electrons. The molecule has 6 heteroatoms. The summed E-state index contributed by atoms with van der Waals surface area (Å²) in [6, 6.07) is 17.6. The van der Waals surface area contributed by atoms with Crippen LogP contribution in [-0.4, -0.2) is 30.2 Å². The van der Waals surface area contributed by atoms with Crippen molar-refractivity contribution in [1.82, 2.24) is 5.32 Å². The Kier molecular flexibility index (Phi) is 9.04. The molecule has 0 aromatic heterocycles. The fraction of sp³-hybridized carbons (Fsp3) is 0.364. The Hall–Kier alpha value is -2.31. The summed E-state index contributed by atoms with van der Waals surface area (Å²) in [5.74, 6) is -0.0951. The lowest BCUT2D eigenvalue weighted by Gasteiger charge is -2.15. The summed E-state index contributed by atoms with van der Waals surface area (Å²) < 4.78 is 5.82. The Bertz CT molecular complexity index is 750. The van der Waals surface area contributed by atoms with Gasteiger partial charge in [-0.25, -0.2) is 0 Å². The molecule has 2 amide bonds. The van der Waals surface area contributed by atoms with Crippen LogP contribution in [0.5, 0.6) is 0 Å². The average Bonchev–Trinajstić information content (AvgIpc) is 2.69. The molecule has 0 spiro atoms. The number of rotatable bonds is 10. The largest absolute Gasteiger partial charge is 0.374 e. The van der Waals surface area contributed by atoms with E-state index in [4.69, 9.17) is 4.74 Å². The number of benzene rings is 2. The van der Waals surface area contributed by atoms with Gasteiger partial charge in [0.05, 0.1) is 11.4 Å². The topological polar surface area (TPSA) is 67.4 Å². The Morgan fingerprint density at radius 2 is 1.71 bits per heavy atom. The van der Waals surface area contributed by atoms with Crippen LogP contribution in [0.15, 0.2) is 59.5 Å². The predicted molar refractivity (Wildman–Crippen MR) is 115 cm³/mol. The molecule has 0 heterocycles. The summed E-state index contributed by atoms with van der Waals surface area (Å²) in [6.45, 7) is 6.58. The third-order valence-electron chi connectivity index (χ3n) is 4.11. The van der Waals surface area contributed by atoms with Crippen LogP contribution in [0.1, 0.15) is 38.9 Å². The molecule has 5 nitrogen and oxygen atoms in total. The molecule has 2 unspecified atom stereocenters. The van der Waals surface area contributed by atoms with Gasteiger partial charge in [0.15, 0.2) is 0 Å². The molecular weight excluding hydrogens is 372 g/mol. The predicted octanol–water partition coefficient (Wildman–Crippen LogP) is 4.41. The van der Waals surface area contributed by atoms with Crippen LogP contribution in [-0.2, 0) is 14.3 Å². The number of ether oxygens (including phenoxy) is 1. The number of hydrogen-bond acceptors (Lipinski definition) is 4. The molecule has 2 atom stereocenters. The number of carbonyl (C=O) groups excluding carboxylic acids is 2. The van der Waals surface area contributed by atoms with Gasteiger partial charge in [0.25, 0.3) is 0 Å². The number of carbonyl (C=O) groups is 2. The highest BCUT2D eigenvalue weighted by molar-refractivity contribution is 8.00. The van der Waals surface area contributed by atoms with E-state index in [9.17, 15) is 9.59 Å². The molecule has 0 aliphatic carbocycles. The van der Waals surface area contributed by atoms with Crippen LogP contribution in [0.4, 0.5) is 5.69 Å². The van der Waals surface area contributed by atoms with Gasteiger partial charge in [-0.3, -0.25) is 9.59 Å². The minimum atomic E-state index is -0.198. The van der Waals surface area contributed by atoms with Gasteiger partial charge in [-0.05, 0) is 50.1 Å². The van der Waals surface area contributed by atoms with Crippen LogP contribution < -0.4 is 10.6 Å². The lowest BCUT2D eigenvalue weighted by molar-refractivity contribution is -0.120. The van der Waals surface area contributed by atoms with Crippen molar-refractivity contribution in [3.05, 3.63) is 60.2 Å². The van der Waals surface area contributed by atoms with Crippen molar-refractivity contribution in [1.29, 1.82) is 0 Å². The smallest absolute Gasteiger partial charge is 0.233 e. The van der Waals surface area contributed by atoms with Gasteiger partial charge in [-0.2, -0.15) is 0 Å². The van der Waals surface area contributed by atoms with E-state index in [2.05, 4.69) is 10.6 Å². The fourth-order valence-corrected chi connectivity index (χ4v) is 3.48. The Morgan fingerprint density at radius 1 is 1.04 bits per heavy atom. The van der Waals surface area contributed by atoms with Crippen molar-refractivity contribution in [2.75, 3.05) is 18.5 Å². The van der Waals surface area contributed by atoms with E-state index in [1.54, 1.807) is 0 Å². The van der Waals surface area contributed by atoms with E-state index in [1.807, 2.05) is 68.4 Å². The van der Waals surface area contributed by atoms with Gasteiger partial charge in [0.1, 0.15) is 0 Å². The van der Waals surface area contributed by atoms with Crippen molar-refractivity contribution in [3.8, 4) is 0 Å². The van der Waals surface area contributed by atoms with E-state index in [0.29, 0.717) is 13.2 Å². The number of amides is 2. The lowest BCUT2D eigenvalue weighted by Crippen LogP contribution is -2.32. The molecule has 28 heavy (non-hydrogen) atoms. The molecule has 2 aromatic carbocycles. The van der Waals surface area contributed by atoms with E-state index in [-0.39, 0.29) is 23.2 Å². The highest BCUT2D eigenvalue weighted by Crippen LogP contribution is 2.24. The molecule has 0 fully saturated rings. The van der Waals surface area contributed by atoms with E-state index >= 15 is 0 Å². The zero-order valence-corrected chi connectivity index (χ0v) is 17.4. The van der Waals surface area contributed by atoms with Gasteiger partial charge in [0, 0.05) is 30.7 Å². The number of nitrogens with one attached hydrogen (secondary N) is 2. The monoisotopic (exact) mass is 400 g/mol. The highest BCUT2D eigenvalue weighted by atomic mass is 32.2. The Balaban J connectivity index is 1.65. The van der Waals surface area contributed by atoms with Crippen molar-refractivity contribution in [2.24, 2.45) is 0 Å². The molecule has 0 saturated carbocycles. The first-order chi connectivity index (χ1) is 13.5. The van der Waals surface area contributed by atoms with Gasteiger partial charge < -0.3 is 15.4 Å². The summed E-state index contributed by atoms with van der Waals surface area (Å²) in [4.78, 5) is 24.3. The fourth-order valence-electron chi connectivity index (χ4n) is 2.59. The van der Waals surface area contributed by atoms with Gasteiger partial charge in [0.2, 0.25) is 11.8 Å². The third kappa shape index (κ3) is 7.74. The summed E-state index contributed by atoms with van der Waals surface area (Å²) in [5.41, 5.74) is 1.90. The van der Waals surface area contributed by atoms with Crippen molar-refractivity contribution in [2.45, 2.75) is 43.4 Å². The molecule has 2 rings (SSSR count). The van der Waals surface area contributed by atoms with Gasteiger partial charge in [-0.15, -0.1) is 11.8 Å². The molecule has 2 aromatic rings. The summed E-state index contributed by atoms with van der Waals surface area (Å²) >= 11 is 1.49. The maximum Gasteiger partial charge on any atom is 0.233 e. The average molecular weight is 401 g/mol. The molecule has 2 N–H and O–H groups in total. The molecular formula is C22H28N2O3S. The minimum Gasteiger partial charge on any atom is -0.374 e. The molecule has 0 aliphatic rings. The van der Waals surface area contributed by atoms with Gasteiger partial charge >= 0.3 is 0 Å². The molecule has 0 bridgehead atoms.